The van der Waals surface area contributed by atoms with Gasteiger partial charge in [-0.25, -0.2) is 4.39 Å². The third-order valence-electron chi connectivity index (χ3n) is 2.71. The molecule has 0 aliphatic rings. The maximum atomic E-state index is 13.6. The fourth-order valence-corrected chi connectivity index (χ4v) is 2.06. The summed E-state index contributed by atoms with van der Waals surface area (Å²) in [6.07, 6.45) is 1.01. The molecule has 0 saturated heterocycles. The first-order valence-corrected chi connectivity index (χ1v) is 6.65. The lowest BCUT2D eigenvalue weighted by Gasteiger charge is -2.10. The van der Waals surface area contributed by atoms with E-state index in [0.29, 0.717) is 11.7 Å². The normalized spacial score (nSPS) is 10.8. The molecule has 0 N–H and O–H groups in total. The van der Waals surface area contributed by atoms with Crippen LogP contribution in [0.5, 0.6) is 11.5 Å². The van der Waals surface area contributed by atoms with Crippen LogP contribution < -0.4 is 4.74 Å². The Balaban J connectivity index is 2.15. The minimum absolute atomic E-state index is 0.0702. The monoisotopic (exact) mass is 278 g/mol. The van der Waals surface area contributed by atoms with Crippen molar-refractivity contribution in [2.24, 2.45) is 5.92 Å². The number of halogens is 2. The summed E-state index contributed by atoms with van der Waals surface area (Å²) >= 11 is 5.91. The van der Waals surface area contributed by atoms with E-state index < -0.39 is 5.82 Å². The Labute approximate surface area is 118 Å². The van der Waals surface area contributed by atoms with Gasteiger partial charge in [0.1, 0.15) is 5.75 Å². The minimum atomic E-state index is -0.459. The van der Waals surface area contributed by atoms with Gasteiger partial charge >= 0.3 is 0 Å². The molecule has 2 rings (SSSR count). The van der Waals surface area contributed by atoms with Gasteiger partial charge in [0.05, 0.1) is 5.02 Å². The zero-order chi connectivity index (χ0) is 13.8. The van der Waals surface area contributed by atoms with E-state index in [1.165, 1.54) is 11.6 Å². The van der Waals surface area contributed by atoms with Crippen molar-refractivity contribution in [2.45, 2.75) is 20.3 Å². The van der Waals surface area contributed by atoms with Crippen molar-refractivity contribution in [1.29, 1.82) is 0 Å². The van der Waals surface area contributed by atoms with E-state index in [-0.39, 0.29) is 10.8 Å². The summed E-state index contributed by atoms with van der Waals surface area (Å²) in [4.78, 5) is 0. The smallest absolute Gasteiger partial charge is 0.181 e. The van der Waals surface area contributed by atoms with Gasteiger partial charge in [-0.15, -0.1) is 0 Å². The second-order valence-corrected chi connectivity index (χ2v) is 5.30. The lowest BCUT2D eigenvalue weighted by atomic mass is 10.0. The first-order chi connectivity index (χ1) is 9.06. The molecule has 0 spiro atoms. The first kappa shape index (κ1) is 13.9. The van der Waals surface area contributed by atoms with Crippen LogP contribution in [0, 0.1) is 11.7 Å². The molecule has 0 aromatic heterocycles. The molecule has 0 aliphatic carbocycles. The highest BCUT2D eigenvalue weighted by atomic mass is 35.5. The van der Waals surface area contributed by atoms with Crippen LogP contribution in [0.25, 0.3) is 0 Å². The number of hydrogen-bond acceptors (Lipinski definition) is 1. The molecule has 0 amide bonds. The standard InChI is InChI=1S/C16H16ClFO/c1-11(2)10-12-6-8-13(9-7-12)19-16-14(17)4-3-5-15(16)18/h3-9,11H,10H2,1-2H3. The molecule has 0 heterocycles. The third kappa shape index (κ3) is 3.71. The third-order valence-corrected chi connectivity index (χ3v) is 3.00. The van der Waals surface area contributed by atoms with Crippen LogP contribution in [0.4, 0.5) is 4.39 Å². The highest BCUT2D eigenvalue weighted by molar-refractivity contribution is 6.32. The van der Waals surface area contributed by atoms with Gasteiger partial charge in [-0.05, 0) is 42.2 Å². The Morgan fingerprint density at radius 3 is 2.37 bits per heavy atom. The highest BCUT2D eigenvalue weighted by Gasteiger charge is 2.09. The van der Waals surface area contributed by atoms with Crippen molar-refractivity contribution in [1.82, 2.24) is 0 Å². The topological polar surface area (TPSA) is 9.23 Å². The molecule has 0 aliphatic heterocycles. The molecule has 0 bridgehead atoms. The van der Waals surface area contributed by atoms with Crippen LogP contribution >= 0.6 is 11.6 Å². The lowest BCUT2D eigenvalue weighted by Crippen LogP contribution is -1.94. The van der Waals surface area contributed by atoms with Crippen LogP contribution in [-0.4, -0.2) is 0 Å². The van der Waals surface area contributed by atoms with E-state index in [1.54, 1.807) is 12.1 Å². The van der Waals surface area contributed by atoms with E-state index in [0.717, 1.165) is 6.42 Å². The second kappa shape index (κ2) is 6.07. The fourth-order valence-electron chi connectivity index (χ4n) is 1.86. The summed E-state index contributed by atoms with van der Waals surface area (Å²) in [6, 6.07) is 12.1. The largest absolute Gasteiger partial charge is 0.453 e. The summed E-state index contributed by atoms with van der Waals surface area (Å²) in [5.41, 5.74) is 1.24. The predicted octanol–water partition coefficient (Wildman–Crippen LogP) is 5.47. The van der Waals surface area contributed by atoms with E-state index in [1.807, 2.05) is 24.3 Å². The second-order valence-electron chi connectivity index (χ2n) is 4.89. The number of benzene rings is 2. The first-order valence-electron chi connectivity index (χ1n) is 6.27. The molecule has 0 fully saturated rings. The Bertz CT molecular complexity index is 529. The molecule has 2 aromatic carbocycles. The zero-order valence-corrected chi connectivity index (χ0v) is 11.7. The molecule has 19 heavy (non-hydrogen) atoms. The molecule has 0 atom stereocenters. The summed E-state index contributed by atoms with van der Waals surface area (Å²) in [7, 11) is 0. The summed E-state index contributed by atoms with van der Waals surface area (Å²) in [6.45, 7) is 4.34. The van der Waals surface area contributed by atoms with Crippen molar-refractivity contribution in [2.75, 3.05) is 0 Å². The van der Waals surface area contributed by atoms with Gasteiger partial charge in [0.15, 0.2) is 11.6 Å². The van der Waals surface area contributed by atoms with E-state index >= 15 is 0 Å². The molecule has 1 nitrogen and oxygen atoms in total. The predicted molar refractivity (Wildman–Crippen MR) is 76.5 cm³/mol. The van der Waals surface area contributed by atoms with Gasteiger partial charge in [0.25, 0.3) is 0 Å². The highest BCUT2D eigenvalue weighted by Crippen LogP contribution is 2.31. The van der Waals surface area contributed by atoms with Crippen LogP contribution in [0.3, 0.4) is 0 Å². The molecule has 2 aromatic rings. The van der Waals surface area contributed by atoms with E-state index in [4.69, 9.17) is 16.3 Å². The number of ether oxygens (including phenoxy) is 1. The van der Waals surface area contributed by atoms with Crippen LogP contribution in [-0.2, 0) is 6.42 Å². The van der Waals surface area contributed by atoms with Gasteiger partial charge in [0.2, 0.25) is 0 Å². The van der Waals surface area contributed by atoms with Crippen molar-refractivity contribution in [3.8, 4) is 11.5 Å². The average molecular weight is 279 g/mol. The van der Waals surface area contributed by atoms with Crippen molar-refractivity contribution in [3.63, 3.8) is 0 Å². The van der Waals surface area contributed by atoms with Crippen molar-refractivity contribution < 1.29 is 9.13 Å². The number of hydrogen-bond donors (Lipinski definition) is 0. The van der Waals surface area contributed by atoms with Crippen molar-refractivity contribution >= 4 is 11.6 Å². The Kier molecular flexibility index (Phi) is 4.43. The summed E-state index contributed by atoms with van der Waals surface area (Å²) in [5, 5.41) is 0.270. The van der Waals surface area contributed by atoms with Gasteiger partial charge < -0.3 is 4.74 Å². The number of para-hydroxylation sites is 1. The molecule has 100 valence electrons. The fraction of sp³-hybridized carbons (Fsp3) is 0.250. The SMILES string of the molecule is CC(C)Cc1ccc(Oc2c(F)cccc2Cl)cc1. The molecule has 0 unspecified atom stereocenters. The molecular weight excluding hydrogens is 263 g/mol. The maximum Gasteiger partial charge on any atom is 0.181 e. The van der Waals surface area contributed by atoms with Gasteiger partial charge in [0, 0.05) is 0 Å². The molecule has 0 saturated carbocycles. The molecule has 0 radical (unpaired) electrons. The Hall–Kier alpha value is -1.54. The average Bonchev–Trinajstić information content (AvgIpc) is 2.35. The zero-order valence-electron chi connectivity index (χ0n) is 11.0. The van der Waals surface area contributed by atoms with E-state index in [9.17, 15) is 4.39 Å². The van der Waals surface area contributed by atoms with Crippen molar-refractivity contribution in [3.05, 3.63) is 58.9 Å². The van der Waals surface area contributed by atoms with Crippen LogP contribution in [0.15, 0.2) is 42.5 Å². The quantitative estimate of drug-likeness (QED) is 0.720. The minimum Gasteiger partial charge on any atom is -0.453 e. The Morgan fingerprint density at radius 1 is 1.11 bits per heavy atom. The van der Waals surface area contributed by atoms with Crippen LogP contribution in [0.2, 0.25) is 5.02 Å². The molecular formula is C16H16ClFO. The van der Waals surface area contributed by atoms with Gasteiger partial charge in [-0.3, -0.25) is 0 Å². The van der Waals surface area contributed by atoms with E-state index in [2.05, 4.69) is 13.8 Å². The number of rotatable bonds is 4. The summed E-state index contributed by atoms with van der Waals surface area (Å²) in [5.74, 6) is 0.798. The summed E-state index contributed by atoms with van der Waals surface area (Å²) < 4.78 is 19.1. The maximum absolute atomic E-state index is 13.6. The van der Waals surface area contributed by atoms with Gasteiger partial charge in [-0.1, -0.05) is 43.6 Å². The Morgan fingerprint density at radius 2 is 1.79 bits per heavy atom. The molecule has 3 heteroatoms. The van der Waals surface area contributed by atoms with Crippen LogP contribution in [0.1, 0.15) is 19.4 Å². The lowest BCUT2D eigenvalue weighted by molar-refractivity contribution is 0.442. The van der Waals surface area contributed by atoms with Gasteiger partial charge in [-0.2, -0.15) is 0 Å².